The molecule has 0 N–H and O–H groups in total. The minimum atomic E-state index is 0.479. The smallest absolute Gasteiger partial charge is 0.0864 e. The minimum absolute atomic E-state index is 0.479. The SMILES string of the molecule is CCOCCN(C)CC#N. The molecule has 3 heteroatoms. The maximum Gasteiger partial charge on any atom is 0.0864 e. The second kappa shape index (κ2) is 6.53. The third-order valence-electron chi connectivity index (χ3n) is 1.16. The summed E-state index contributed by atoms with van der Waals surface area (Å²) in [6, 6.07) is 2.06. The first-order valence-corrected chi connectivity index (χ1v) is 3.44. The lowest BCUT2D eigenvalue weighted by molar-refractivity contribution is 0.126. The van der Waals surface area contributed by atoms with E-state index in [9.17, 15) is 0 Å². The Morgan fingerprint density at radius 1 is 1.60 bits per heavy atom. The maximum absolute atomic E-state index is 8.26. The molecule has 0 bridgehead atoms. The van der Waals surface area contributed by atoms with Gasteiger partial charge in [-0.2, -0.15) is 5.26 Å². The molecule has 3 nitrogen and oxygen atoms in total. The zero-order valence-electron chi connectivity index (χ0n) is 6.63. The molecule has 0 aromatic heterocycles. The van der Waals surface area contributed by atoms with Gasteiger partial charge >= 0.3 is 0 Å². The summed E-state index contributed by atoms with van der Waals surface area (Å²) >= 11 is 0. The predicted octanol–water partition coefficient (Wildman–Crippen LogP) is 0.478. The number of hydrogen-bond acceptors (Lipinski definition) is 3. The van der Waals surface area contributed by atoms with Crippen molar-refractivity contribution in [2.45, 2.75) is 6.92 Å². The average Bonchev–Trinajstić information content (AvgIpc) is 1.89. The summed E-state index contributed by atoms with van der Waals surface area (Å²) in [6.07, 6.45) is 0. The third kappa shape index (κ3) is 5.54. The molecule has 0 unspecified atom stereocenters. The van der Waals surface area contributed by atoms with Crippen LogP contribution in [0.4, 0.5) is 0 Å². The van der Waals surface area contributed by atoms with E-state index in [1.165, 1.54) is 0 Å². The number of hydrogen-bond donors (Lipinski definition) is 0. The van der Waals surface area contributed by atoms with E-state index in [1.807, 2.05) is 18.9 Å². The Morgan fingerprint density at radius 3 is 2.80 bits per heavy atom. The zero-order chi connectivity index (χ0) is 7.82. The van der Waals surface area contributed by atoms with Crippen molar-refractivity contribution in [1.82, 2.24) is 4.90 Å². The summed E-state index contributed by atoms with van der Waals surface area (Å²) in [5.74, 6) is 0. The van der Waals surface area contributed by atoms with Crippen LogP contribution < -0.4 is 0 Å². The first kappa shape index (κ1) is 9.41. The molecule has 0 amide bonds. The highest BCUT2D eigenvalue weighted by atomic mass is 16.5. The topological polar surface area (TPSA) is 36.3 Å². The molecule has 0 fully saturated rings. The van der Waals surface area contributed by atoms with Crippen LogP contribution in [0, 0.1) is 11.3 Å². The number of nitrogens with zero attached hydrogens (tertiary/aromatic N) is 2. The molecule has 0 aromatic rings. The van der Waals surface area contributed by atoms with Crippen LogP contribution in [-0.2, 0) is 4.74 Å². The molecule has 0 spiro atoms. The largest absolute Gasteiger partial charge is 0.380 e. The van der Waals surface area contributed by atoms with Gasteiger partial charge in [-0.3, -0.25) is 4.90 Å². The number of likely N-dealkylation sites (N-methyl/N-ethyl adjacent to an activating group) is 1. The van der Waals surface area contributed by atoms with Crippen LogP contribution in [0.2, 0.25) is 0 Å². The van der Waals surface area contributed by atoms with Crippen molar-refractivity contribution in [2.75, 3.05) is 33.4 Å². The Bertz CT molecular complexity index is 109. The van der Waals surface area contributed by atoms with Crippen LogP contribution in [0.1, 0.15) is 6.92 Å². The molecular weight excluding hydrogens is 128 g/mol. The third-order valence-corrected chi connectivity index (χ3v) is 1.16. The second-order valence-corrected chi connectivity index (χ2v) is 2.09. The normalized spacial score (nSPS) is 9.80. The zero-order valence-corrected chi connectivity index (χ0v) is 6.63. The van der Waals surface area contributed by atoms with Gasteiger partial charge in [0.2, 0.25) is 0 Å². The van der Waals surface area contributed by atoms with Gasteiger partial charge in [-0.05, 0) is 14.0 Å². The van der Waals surface area contributed by atoms with E-state index in [-0.39, 0.29) is 0 Å². The van der Waals surface area contributed by atoms with Crippen molar-refractivity contribution in [2.24, 2.45) is 0 Å². The molecule has 0 aliphatic rings. The molecule has 10 heavy (non-hydrogen) atoms. The van der Waals surface area contributed by atoms with E-state index < -0.39 is 0 Å². The molecule has 0 aliphatic carbocycles. The molecule has 0 aliphatic heterocycles. The summed E-state index contributed by atoms with van der Waals surface area (Å²) < 4.78 is 5.10. The van der Waals surface area contributed by atoms with Crippen LogP contribution in [0.5, 0.6) is 0 Å². The van der Waals surface area contributed by atoms with Crippen molar-refractivity contribution in [3.05, 3.63) is 0 Å². The fourth-order valence-electron chi connectivity index (χ4n) is 0.564. The van der Waals surface area contributed by atoms with Crippen LogP contribution in [0.15, 0.2) is 0 Å². The van der Waals surface area contributed by atoms with E-state index >= 15 is 0 Å². The highest BCUT2D eigenvalue weighted by Crippen LogP contribution is 1.80. The Morgan fingerprint density at radius 2 is 2.30 bits per heavy atom. The van der Waals surface area contributed by atoms with Gasteiger partial charge in [0, 0.05) is 13.2 Å². The first-order valence-electron chi connectivity index (χ1n) is 3.44. The van der Waals surface area contributed by atoms with Crippen molar-refractivity contribution < 1.29 is 4.74 Å². The van der Waals surface area contributed by atoms with Gasteiger partial charge in [0.15, 0.2) is 0 Å². The number of rotatable bonds is 5. The van der Waals surface area contributed by atoms with Gasteiger partial charge in [0.25, 0.3) is 0 Å². The predicted molar refractivity (Wildman–Crippen MR) is 39.6 cm³/mol. The fraction of sp³-hybridized carbons (Fsp3) is 0.857. The van der Waals surface area contributed by atoms with Gasteiger partial charge in [-0.1, -0.05) is 0 Å². The van der Waals surface area contributed by atoms with E-state index in [0.717, 1.165) is 13.2 Å². The maximum atomic E-state index is 8.26. The molecule has 0 saturated carbocycles. The highest BCUT2D eigenvalue weighted by Gasteiger charge is 1.93. The summed E-state index contributed by atoms with van der Waals surface area (Å²) in [4.78, 5) is 1.93. The highest BCUT2D eigenvalue weighted by molar-refractivity contribution is 4.73. The Hall–Kier alpha value is -0.590. The van der Waals surface area contributed by atoms with E-state index in [1.54, 1.807) is 0 Å². The molecular formula is C7H14N2O. The van der Waals surface area contributed by atoms with Crippen molar-refractivity contribution >= 4 is 0 Å². The van der Waals surface area contributed by atoms with Gasteiger partial charge < -0.3 is 4.74 Å². The van der Waals surface area contributed by atoms with E-state index in [0.29, 0.717) is 13.2 Å². The standard InChI is InChI=1S/C7H14N2O/c1-3-10-7-6-9(2)5-4-8/h3,5-7H2,1-2H3. The molecule has 0 aromatic carbocycles. The molecule has 0 rings (SSSR count). The Balaban J connectivity index is 3.06. The van der Waals surface area contributed by atoms with Crippen LogP contribution in [0.3, 0.4) is 0 Å². The van der Waals surface area contributed by atoms with Crippen molar-refractivity contribution in [3.63, 3.8) is 0 Å². The van der Waals surface area contributed by atoms with Gasteiger partial charge in [-0.15, -0.1) is 0 Å². The molecule has 58 valence electrons. The summed E-state index contributed by atoms with van der Waals surface area (Å²) in [7, 11) is 1.90. The molecule has 0 heterocycles. The van der Waals surface area contributed by atoms with Gasteiger partial charge in [0.1, 0.15) is 0 Å². The monoisotopic (exact) mass is 142 g/mol. The van der Waals surface area contributed by atoms with Crippen LogP contribution >= 0.6 is 0 Å². The van der Waals surface area contributed by atoms with E-state index in [4.69, 9.17) is 10.00 Å². The average molecular weight is 142 g/mol. The van der Waals surface area contributed by atoms with Crippen LogP contribution in [0.25, 0.3) is 0 Å². The lowest BCUT2D eigenvalue weighted by Crippen LogP contribution is -2.23. The number of nitriles is 1. The van der Waals surface area contributed by atoms with Crippen molar-refractivity contribution in [1.29, 1.82) is 5.26 Å². The molecule has 0 atom stereocenters. The van der Waals surface area contributed by atoms with Crippen LogP contribution in [-0.4, -0.2) is 38.3 Å². The molecule has 0 radical (unpaired) electrons. The fourth-order valence-corrected chi connectivity index (χ4v) is 0.564. The Kier molecular flexibility index (Phi) is 6.14. The van der Waals surface area contributed by atoms with Gasteiger partial charge in [-0.25, -0.2) is 0 Å². The lowest BCUT2D eigenvalue weighted by Gasteiger charge is -2.10. The lowest BCUT2D eigenvalue weighted by atomic mass is 10.5. The molecule has 0 saturated heterocycles. The minimum Gasteiger partial charge on any atom is -0.380 e. The second-order valence-electron chi connectivity index (χ2n) is 2.09. The van der Waals surface area contributed by atoms with Gasteiger partial charge in [0.05, 0.1) is 19.2 Å². The summed E-state index contributed by atoms with van der Waals surface area (Å²) in [5, 5.41) is 8.26. The Labute approximate surface area is 62.2 Å². The van der Waals surface area contributed by atoms with E-state index in [2.05, 4.69) is 6.07 Å². The number of ether oxygens (including phenoxy) is 1. The van der Waals surface area contributed by atoms with Crippen molar-refractivity contribution in [3.8, 4) is 6.07 Å². The first-order chi connectivity index (χ1) is 4.81. The summed E-state index contributed by atoms with van der Waals surface area (Å²) in [5.41, 5.74) is 0. The summed E-state index contributed by atoms with van der Waals surface area (Å²) in [6.45, 7) is 4.74. The quantitative estimate of drug-likeness (QED) is 0.414.